The number of nitrogens with one attached hydrogen (secondary N) is 1. The Morgan fingerprint density at radius 3 is 2.76 bits per heavy atom. The van der Waals surface area contributed by atoms with Gasteiger partial charge in [0.05, 0.1) is 12.8 Å². The van der Waals surface area contributed by atoms with Gasteiger partial charge in [0, 0.05) is 31.7 Å². The molecule has 0 radical (unpaired) electrons. The van der Waals surface area contributed by atoms with Gasteiger partial charge in [0.1, 0.15) is 0 Å². The Kier molecular flexibility index (Phi) is 5.97. The number of carbonyl (C=O) groups is 1. The molecule has 29 heavy (non-hydrogen) atoms. The van der Waals surface area contributed by atoms with Gasteiger partial charge in [-0.1, -0.05) is 23.4 Å². The summed E-state index contributed by atoms with van der Waals surface area (Å²) in [5, 5.41) is 7.25. The molecule has 1 aliphatic rings. The van der Waals surface area contributed by atoms with Crippen molar-refractivity contribution >= 4 is 23.2 Å². The van der Waals surface area contributed by atoms with Gasteiger partial charge in [0.25, 0.3) is 11.8 Å². The van der Waals surface area contributed by atoms with Gasteiger partial charge in [-0.3, -0.25) is 15.0 Å². The molecular weight excluding hydrogens is 390 g/mol. The molecule has 0 unspecified atom stereocenters. The molecule has 0 atom stereocenters. The number of amides is 1. The lowest BCUT2D eigenvalue weighted by Crippen LogP contribution is -2.44. The molecule has 150 valence electrons. The second-order valence-corrected chi connectivity index (χ2v) is 7.12. The number of furan rings is 1. The smallest absolute Gasteiger partial charge is 0.293 e. The third-order valence-electron chi connectivity index (χ3n) is 4.70. The number of thiocarbonyl (C=S) groups is 1. The molecule has 0 saturated carbocycles. The van der Waals surface area contributed by atoms with E-state index in [-0.39, 0.29) is 11.7 Å². The number of hydrogen-bond acceptors (Lipinski definition) is 7. The van der Waals surface area contributed by atoms with Gasteiger partial charge in [-0.25, -0.2) is 0 Å². The lowest BCUT2D eigenvalue weighted by atomic mass is 10.2. The number of benzene rings is 1. The van der Waals surface area contributed by atoms with Crippen LogP contribution in [0.4, 0.5) is 0 Å². The van der Waals surface area contributed by atoms with Crippen LogP contribution in [0.25, 0.3) is 11.5 Å². The highest BCUT2D eigenvalue weighted by molar-refractivity contribution is 7.80. The fourth-order valence-electron chi connectivity index (χ4n) is 3.19. The molecule has 0 spiro atoms. The van der Waals surface area contributed by atoms with Crippen LogP contribution in [-0.2, 0) is 6.54 Å². The van der Waals surface area contributed by atoms with Crippen molar-refractivity contribution in [2.45, 2.75) is 13.0 Å². The van der Waals surface area contributed by atoms with Gasteiger partial charge in [-0.05, 0) is 42.9 Å². The van der Waals surface area contributed by atoms with E-state index in [1.165, 1.54) is 6.26 Å². The summed E-state index contributed by atoms with van der Waals surface area (Å²) in [5.74, 6) is 1.10. The number of rotatable bonds is 4. The Morgan fingerprint density at radius 1 is 1.10 bits per heavy atom. The van der Waals surface area contributed by atoms with Gasteiger partial charge in [-0.2, -0.15) is 4.98 Å². The van der Waals surface area contributed by atoms with E-state index in [0.717, 1.165) is 31.6 Å². The highest BCUT2D eigenvalue weighted by Gasteiger charge is 2.21. The van der Waals surface area contributed by atoms with Crippen LogP contribution in [0.15, 0.2) is 57.7 Å². The van der Waals surface area contributed by atoms with E-state index in [1.54, 1.807) is 12.1 Å². The molecule has 3 aromatic rings. The minimum absolute atomic E-state index is 0.245. The van der Waals surface area contributed by atoms with E-state index in [9.17, 15) is 4.79 Å². The summed E-state index contributed by atoms with van der Waals surface area (Å²) in [5.41, 5.74) is 0.908. The highest BCUT2D eigenvalue weighted by Crippen LogP contribution is 2.17. The minimum Gasteiger partial charge on any atom is -0.459 e. The molecule has 1 aromatic carbocycles. The van der Waals surface area contributed by atoms with Crippen LogP contribution < -0.4 is 5.32 Å². The number of hydrogen-bond donors (Lipinski definition) is 1. The Morgan fingerprint density at radius 2 is 1.97 bits per heavy atom. The molecule has 2 aromatic heterocycles. The average molecular weight is 411 g/mol. The highest BCUT2D eigenvalue weighted by atomic mass is 32.1. The quantitative estimate of drug-likeness (QED) is 0.656. The molecule has 4 rings (SSSR count). The molecule has 9 heteroatoms. The summed E-state index contributed by atoms with van der Waals surface area (Å²) in [7, 11) is 0. The van der Waals surface area contributed by atoms with Crippen molar-refractivity contribution in [3.05, 3.63) is 60.3 Å². The van der Waals surface area contributed by atoms with Crippen molar-refractivity contribution in [1.29, 1.82) is 0 Å². The van der Waals surface area contributed by atoms with E-state index in [4.69, 9.17) is 21.2 Å². The maximum absolute atomic E-state index is 12.1. The van der Waals surface area contributed by atoms with Crippen LogP contribution in [0.1, 0.15) is 22.8 Å². The van der Waals surface area contributed by atoms with E-state index in [0.29, 0.717) is 29.9 Å². The van der Waals surface area contributed by atoms with Crippen LogP contribution in [0.5, 0.6) is 0 Å². The zero-order valence-corrected chi connectivity index (χ0v) is 16.6. The standard InChI is InChI=1S/C20H21N5O3S/c26-18(16-8-4-13-27-16)22-20(29)25-10-5-9-24(11-12-25)14-17-21-19(28-23-17)15-6-2-1-3-7-15/h1-4,6-8,13H,5,9-12,14H2,(H,22,26,29). The van der Waals surface area contributed by atoms with Crippen LogP contribution in [0.2, 0.25) is 0 Å². The van der Waals surface area contributed by atoms with Crippen molar-refractivity contribution < 1.29 is 13.7 Å². The fraction of sp³-hybridized carbons (Fsp3) is 0.300. The van der Waals surface area contributed by atoms with Crippen molar-refractivity contribution in [3.63, 3.8) is 0 Å². The predicted molar refractivity (Wildman–Crippen MR) is 110 cm³/mol. The maximum atomic E-state index is 12.1. The number of aromatic nitrogens is 2. The molecule has 1 amide bonds. The molecule has 3 heterocycles. The summed E-state index contributed by atoms with van der Waals surface area (Å²) in [6, 6.07) is 13.0. The molecule has 1 N–H and O–H groups in total. The summed E-state index contributed by atoms with van der Waals surface area (Å²) in [6.45, 7) is 3.76. The third kappa shape index (κ3) is 4.87. The Hall–Kier alpha value is -3.04. The number of carbonyl (C=O) groups excluding carboxylic acids is 1. The predicted octanol–water partition coefficient (Wildman–Crippen LogP) is 2.55. The first-order chi connectivity index (χ1) is 14.2. The third-order valence-corrected chi connectivity index (χ3v) is 5.06. The Balaban J connectivity index is 1.30. The van der Waals surface area contributed by atoms with Crippen LogP contribution in [0.3, 0.4) is 0 Å². The topological polar surface area (TPSA) is 87.6 Å². The summed E-state index contributed by atoms with van der Waals surface area (Å²) >= 11 is 5.40. The SMILES string of the molecule is O=C(NC(=S)N1CCCN(Cc2noc(-c3ccccc3)n2)CC1)c1ccco1. The van der Waals surface area contributed by atoms with Gasteiger partial charge < -0.3 is 13.8 Å². The van der Waals surface area contributed by atoms with Gasteiger partial charge in [-0.15, -0.1) is 0 Å². The normalized spacial score (nSPS) is 15.1. The van der Waals surface area contributed by atoms with Crippen molar-refractivity contribution in [3.8, 4) is 11.5 Å². The molecule has 0 aliphatic carbocycles. The summed E-state index contributed by atoms with van der Waals surface area (Å²) in [6.07, 6.45) is 2.38. The largest absolute Gasteiger partial charge is 0.459 e. The monoisotopic (exact) mass is 411 g/mol. The molecule has 0 bridgehead atoms. The van der Waals surface area contributed by atoms with Crippen molar-refractivity contribution in [2.24, 2.45) is 0 Å². The lowest BCUT2D eigenvalue weighted by molar-refractivity contribution is 0.0946. The van der Waals surface area contributed by atoms with E-state index < -0.39 is 0 Å². The summed E-state index contributed by atoms with van der Waals surface area (Å²) < 4.78 is 10.5. The fourth-order valence-corrected chi connectivity index (χ4v) is 3.47. The maximum Gasteiger partial charge on any atom is 0.293 e. The van der Waals surface area contributed by atoms with Crippen LogP contribution in [-0.4, -0.2) is 57.1 Å². The van der Waals surface area contributed by atoms with E-state index >= 15 is 0 Å². The Labute approximate surface area is 173 Å². The Bertz CT molecular complexity index is 958. The van der Waals surface area contributed by atoms with Gasteiger partial charge in [0.2, 0.25) is 0 Å². The van der Waals surface area contributed by atoms with E-state index in [2.05, 4.69) is 20.4 Å². The second kappa shape index (κ2) is 8.97. The van der Waals surface area contributed by atoms with Crippen LogP contribution in [0, 0.1) is 0 Å². The average Bonchev–Trinajstić information content (AvgIpc) is 3.38. The number of nitrogens with zero attached hydrogens (tertiary/aromatic N) is 4. The molecule has 8 nitrogen and oxygen atoms in total. The van der Waals surface area contributed by atoms with Crippen LogP contribution >= 0.6 is 12.2 Å². The molecule has 1 saturated heterocycles. The summed E-state index contributed by atoms with van der Waals surface area (Å²) in [4.78, 5) is 20.9. The minimum atomic E-state index is -0.332. The molecule has 1 aliphatic heterocycles. The van der Waals surface area contributed by atoms with Crippen molar-refractivity contribution in [2.75, 3.05) is 26.2 Å². The van der Waals surface area contributed by atoms with Gasteiger partial charge in [0.15, 0.2) is 16.7 Å². The first-order valence-electron chi connectivity index (χ1n) is 9.43. The zero-order valence-electron chi connectivity index (χ0n) is 15.8. The lowest BCUT2D eigenvalue weighted by Gasteiger charge is -2.23. The first-order valence-corrected chi connectivity index (χ1v) is 9.84. The first kappa shape index (κ1) is 19.3. The zero-order chi connectivity index (χ0) is 20.1. The van der Waals surface area contributed by atoms with Crippen molar-refractivity contribution in [1.82, 2.24) is 25.3 Å². The molecule has 1 fully saturated rings. The van der Waals surface area contributed by atoms with Gasteiger partial charge >= 0.3 is 0 Å². The van der Waals surface area contributed by atoms with E-state index in [1.807, 2.05) is 35.2 Å². The molecular formula is C20H21N5O3S. The second-order valence-electron chi connectivity index (χ2n) is 6.74.